The van der Waals surface area contributed by atoms with Crippen LogP contribution in [0.1, 0.15) is 39.0 Å². The summed E-state index contributed by atoms with van der Waals surface area (Å²) >= 11 is 0. The highest BCUT2D eigenvalue weighted by Gasteiger charge is 2.58. The molecule has 0 saturated carbocycles. The minimum Gasteiger partial charge on any atom is -0.495 e. The maximum absolute atomic E-state index is 13.1. The predicted molar refractivity (Wildman–Crippen MR) is 122 cm³/mol. The molecule has 0 fully saturated rings. The average molecular weight is 469 g/mol. The Balaban J connectivity index is 0.000000412. The smallest absolute Gasteiger partial charge is 0.424 e. The molecule has 2 aromatic rings. The maximum atomic E-state index is 13.1. The number of carbonyl (C=O) groups excluding carboxylic acids is 1. The summed E-state index contributed by atoms with van der Waals surface area (Å²) in [7, 11) is 1.63. The summed E-state index contributed by atoms with van der Waals surface area (Å²) in [5.74, 6) is 0.183. The van der Waals surface area contributed by atoms with Crippen LogP contribution in [0.2, 0.25) is 0 Å². The first-order chi connectivity index (χ1) is 15.4. The molecule has 182 valence electrons. The average Bonchev–Trinajstić information content (AvgIpc) is 2.79. The molecular formula is C23H31F3N4O3. The van der Waals surface area contributed by atoms with Gasteiger partial charge >= 0.3 is 6.18 Å². The number of hydrogen-bond donors (Lipinski definition) is 2. The number of pyridine rings is 1. The fourth-order valence-corrected chi connectivity index (χ4v) is 2.73. The monoisotopic (exact) mass is 468 g/mol. The topological polar surface area (TPSA) is 98.8 Å². The fraction of sp³-hybridized carbons (Fsp3) is 0.435. The Labute approximate surface area is 192 Å². The number of hydrogen-bond acceptors (Lipinski definition) is 6. The van der Waals surface area contributed by atoms with Gasteiger partial charge in [-0.2, -0.15) is 13.2 Å². The van der Waals surface area contributed by atoms with Crippen molar-refractivity contribution in [3.63, 3.8) is 0 Å². The number of carbonyl (C=O) groups is 1. The Hall–Kier alpha value is -3.14. The van der Waals surface area contributed by atoms with Gasteiger partial charge in [-0.05, 0) is 50.6 Å². The molecule has 3 N–H and O–H groups in total. The van der Waals surface area contributed by atoms with Crippen LogP contribution in [0.25, 0.3) is 0 Å². The lowest BCUT2D eigenvalue weighted by Gasteiger charge is -2.41. The molecule has 3 rings (SSSR count). The van der Waals surface area contributed by atoms with Crippen molar-refractivity contribution in [3.05, 3.63) is 53.9 Å². The Bertz CT molecular complexity index is 935. The van der Waals surface area contributed by atoms with Crippen molar-refractivity contribution in [2.24, 2.45) is 10.7 Å². The Morgan fingerprint density at radius 1 is 1.21 bits per heavy atom. The standard InChI is InChI=1S/C14H16F3N3O2.C7H9NO.C2H6/c1-12(9-4-3-5-10(6-9)19-8-21)7-22-13(2,11(18)20-12)14(15,16)17;1-6-3-4-7(9-2)5-8-6;1-2/h3-6,8H,7H2,1-2H3,(H2,18,20)(H,19,21);3-5H,1-2H3;1-2H3/t12-,13+;;/m0../s1. The molecule has 10 heteroatoms. The van der Waals surface area contributed by atoms with Crippen molar-refractivity contribution in [1.29, 1.82) is 0 Å². The highest BCUT2D eigenvalue weighted by Crippen LogP contribution is 2.40. The number of aromatic nitrogens is 1. The number of aliphatic imine (C=N–C) groups is 1. The van der Waals surface area contributed by atoms with Gasteiger partial charge in [-0.15, -0.1) is 0 Å². The highest BCUT2D eigenvalue weighted by atomic mass is 19.4. The number of methoxy groups -OCH3 is 1. The van der Waals surface area contributed by atoms with Gasteiger partial charge in [-0.1, -0.05) is 26.0 Å². The molecule has 7 nitrogen and oxygen atoms in total. The number of nitrogens with two attached hydrogens (primary N) is 1. The number of aryl methyl sites for hydroxylation is 1. The minimum absolute atomic E-state index is 0.283. The first-order valence-corrected chi connectivity index (χ1v) is 10.3. The van der Waals surface area contributed by atoms with E-state index in [-0.39, 0.29) is 6.61 Å². The molecule has 0 aliphatic carbocycles. The molecule has 0 saturated heterocycles. The first kappa shape index (κ1) is 27.9. The summed E-state index contributed by atoms with van der Waals surface area (Å²) in [6.07, 6.45) is -2.44. The van der Waals surface area contributed by atoms with Crippen LogP contribution in [0, 0.1) is 6.92 Å². The lowest BCUT2D eigenvalue weighted by Crippen LogP contribution is -2.60. The normalized spacial score (nSPS) is 21.9. The second-order valence-corrected chi connectivity index (χ2v) is 7.27. The predicted octanol–water partition coefficient (Wildman–Crippen LogP) is 4.60. The molecular weight excluding hydrogens is 437 g/mol. The van der Waals surface area contributed by atoms with Gasteiger partial charge in [-0.3, -0.25) is 14.8 Å². The number of anilines is 1. The van der Waals surface area contributed by atoms with E-state index in [2.05, 4.69) is 15.3 Å². The van der Waals surface area contributed by atoms with Gasteiger partial charge in [0.25, 0.3) is 0 Å². The summed E-state index contributed by atoms with van der Waals surface area (Å²) in [4.78, 5) is 18.5. The van der Waals surface area contributed by atoms with Gasteiger partial charge in [0.2, 0.25) is 12.0 Å². The molecule has 1 aromatic carbocycles. The van der Waals surface area contributed by atoms with E-state index in [1.54, 1.807) is 44.5 Å². The fourth-order valence-electron chi connectivity index (χ4n) is 2.73. The molecule has 1 aliphatic heterocycles. The van der Waals surface area contributed by atoms with E-state index in [0.29, 0.717) is 17.7 Å². The van der Waals surface area contributed by atoms with Crippen molar-refractivity contribution >= 4 is 17.9 Å². The van der Waals surface area contributed by atoms with Crippen molar-refractivity contribution < 1.29 is 27.4 Å². The van der Waals surface area contributed by atoms with E-state index in [9.17, 15) is 18.0 Å². The molecule has 1 amide bonds. The van der Waals surface area contributed by atoms with Crippen molar-refractivity contribution in [2.45, 2.75) is 51.9 Å². The van der Waals surface area contributed by atoms with Gasteiger partial charge in [0, 0.05) is 11.4 Å². The third-order valence-corrected chi connectivity index (χ3v) is 4.87. The number of halogens is 3. The number of nitrogens with one attached hydrogen (secondary N) is 1. The molecule has 2 atom stereocenters. The lowest BCUT2D eigenvalue weighted by molar-refractivity contribution is -0.249. The van der Waals surface area contributed by atoms with Gasteiger partial charge < -0.3 is 20.5 Å². The second kappa shape index (κ2) is 11.6. The van der Waals surface area contributed by atoms with Crippen LogP contribution in [-0.2, 0) is 15.1 Å². The summed E-state index contributed by atoms with van der Waals surface area (Å²) in [6, 6.07) is 10.4. The van der Waals surface area contributed by atoms with Gasteiger partial charge in [0.05, 0.1) is 19.9 Å². The van der Waals surface area contributed by atoms with Crippen LogP contribution in [-0.4, -0.2) is 42.7 Å². The summed E-state index contributed by atoms with van der Waals surface area (Å²) in [5, 5.41) is 2.47. The molecule has 0 unspecified atom stereocenters. The van der Waals surface area contributed by atoms with E-state index in [4.69, 9.17) is 15.2 Å². The second-order valence-electron chi connectivity index (χ2n) is 7.27. The van der Waals surface area contributed by atoms with Crippen LogP contribution in [0.4, 0.5) is 18.9 Å². The Morgan fingerprint density at radius 2 is 1.88 bits per heavy atom. The Kier molecular flexibility index (Phi) is 9.84. The van der Waals surface area contributed by atoms with Gasteiger partial charge in [0.15, 0.2) is 0 Å². The number of benzene rings is 1. The highest BCUT2D eigenvalue weighted by molar-refractivity contribution is 5.90. The zero-order valence-corrected chi connectivity index (χ0v) is 19.7. The van der Waals surface area contributed by atoms with Crippen molar-refractivity contribution in [1.82, 2.24) is 4.98 Å². The number of ether oxygens (including phenoxy) is 2. The molecule has 2 heterocycles. The van der Waals surface area contributed by atoms with Crippen LogP contribution in [0.5, 0.6) is 5.75 Å². The summed E-state index contributed by atoms with van der Waals surface area (Å²) < 4.78 is 49.1. The van der Waals surface area contributed by atoms with E-state index < -0.39 is 23.2 Å². The number of nitrogens with zero attached hydrogens (tertiary/aromatic N) is 2. The van der Waals surface area contributed by atoms with Crippen LogP contribution >= 0.6 is 0 Å². The number of amidine groups is 1. The molecule has 1 aliphatic rings. The molecule has 0 bridgehead atoms. The zero-order chi connectivity index (χ0) is 25.3. The van der Waals surface area contributed by atoms with Crippen LogP contribution < -0.4 is 15.8 Å². The third kappa shape index (κ3) is 6.92. The Morgan fingerprint density at radius 3 is 2.36 bits per heavy atom. The van der Waals surface area contributed by atoms with E-state index in [1.165, 1.54) is 0 Å². The molecule has 0 spiro atoms. The van der Waals surface area contributed by atoms with Crippen LogP contribution in [0.15, 0.2) is 47.6 Å². The van der Waals surface area contributed by atoms with Crippen LogP contribution in [0.3, 0.4) is 0 Å². The first-order valence-electron chi connectivity index (χ1n) is 10.3. The third-order valence-electron chi connectivity index (χ3n) is 4.87. The van der Waals surface area contributed by atoms with Crippen molar-refractivity contribution in [2.75, 3.05) is 19.0 Å². The number of rotatable bonds is 4. The molecule has 1 aromatic heterocycles. The minimum atomic E-state index is -4.65. The largest absolute Gasteiger partial charge is 0.495 e. The number of alkyl halides is 3. The zero-order valence-electron chi connectivity index (χ0n) is 19.7. The molecule has 0 radical (unpaired) electrons. The number of amides is 1. The summed E-state index contributed by atoms with van der Waals surface area (Å²) in [6.45, 7) is 8.14. The SMILES string of the molecule is CC.COc1ccc(C)nc1.C[C@@]1(c2cccc(NC=O)c2)CO[C@@](C)(C(F)(F)F)C(N)=N1. The summed E-state index contributed by atoms with van der Waals surface area (Å²) in [5.41, 5.74) is 4.00. The van der Waals surface area contributed by atoms with Gasteiger partial charge in [-0.25, -0.2) is 0 Å². The van der Waals surface area contributed by atoms with Gasteiger partial charge in [0.1, 0.15) is 17.1 Å². The van der Waals surface area contributed by atoms with Crippen molar-refractivity contribution in [3.8, 4) is 5.75 Å². The van der Waals surface area contributed by atoms with E-state index in [1.807, 2.05) is 32.9 Å². The molecule has 33 heavy (non-hydrogen) atoms. The van der Waals surface area contributed by atoms with E-state index >= 15 is 0 Å². The quantitative estimate of drug-likeness (QED) is 0.639. The lowest BCUT2D eigenvalue weighted by atomic mass is 9.90. The maximum Gasteiger partial charge on any atom is 0.424 e. The van der Waals surface area contributed by atoms with E-state index in [0.717, 1.165) is 18.4 Å².